The summed E-state index contributed by atoms with van der Waals surface area (Å²) in [5.41, 5.74) is 0. The van der Waals surface area contributed by atoms with Gasteiger partial charge in [-0.2, -0.15) is 0 Å². The predicted octanol–water partition coefficient (Wildman–Crippen LogP) is 3.19. The smallest absolute Gasteiger partial charge is 0.0695 e. The van der Waals surface area contributed by atoms with Gasteiger partial charge in [0, 0.05) is 12.6 Å². The molecule has 2 heteroatoms. The summed E-state index contributed by atoms with van der Waals surface area (Å²) in [5.74, 6) is 0.586. The molecule has 0 amide bonds. The van der Waals surface area contributed by atoms with Gasteiger partial charge < -0.3 is 10.0 Å². The Morgan fingerprint density at radius 2 is 1.47 bits per heavy atom. The van der Waals surface area contributed by atoms with Gasteiger partial charge in [0.15, 0.2) is 0 Å². The molecule has 0 saturated heterocycles. The normalized spacial score (nSPS) is 26.3. The Morgan fingerprint density at radius 3 is 2.06 bits per heavy atom. The van der Waals surface area contributed by atoms with Crippen LogP contribution in [0.1, 0.15) is 64.2 Å². The van der Waals surface area contributed by atoms with E-state index in [0.29, 0.717) is 5.92 Å². The summed E-state index contributed by atoms with van der Waals surface area (Å²) in [6.45, 7) is 0.898. The SMILES string of the molecule is CN(CC(O)C1CCCC1)C1CCCCCC1. The van der Waals surface area contributed by atoms with E-state index in [1.54, 1.807) is 0 Å². The van der Waals surface area contributed by atoms with Crippen LogP contribution in [0.2, 0.25) is 0 Å². The van der Waals surface area contributed by atoms with E-state index >= 15 is 0 Å². The second-order valence-corrected chi connectivity index (χ2v) is 6.20. The van der Waals surface area contributed by atoms with Gasteiger partial charge in [0.2, 0.25) is 0 Å². The number of aliphatic hydroxyl groups is 1. The Hall–Kier alpha value is -0.0800. The molecular formula is C15H29NO. The van der Waals surface area contributed by atoms with E-state index in [1.165, 1.54) is 64.2 Å². The second-order valence-electron chi connectivity index (χ2n) is 6.20. The van der Waals surface area contributed by atoms with Crippen molar-refractivity contribution >= 4 is 0 Å². The van der Waals surface area contributed by atoms with Gasteiger partial charge in [-0.25, -0.2) is 0 Å². The third-order valence-corrected chi connectivity index (χ3v) is 4.87. The fraction of sp³-hybridized carbons (Fsp3) is 1.00. The Labute approximate surface area is 106 Å². The standard InChI is InChI=1S/C15H29NO/c1-16(14-10-4-2-3-5-11-14)12-15(17)13-8-6-7-9-13/h13-15,17H,2-12H2,1H3. The van der Waals surface area contributed by atoms with E-state index in [-0.39, 0.29) is 6.10 Å². The third kappa shape index (κ3) is 3.96. The van der Waals surface area contributed by atoms with Crippen molar-refractivity contribution in [2.24, 2.45) is 5.92 Å². The summed E-state index contributed by atoms with van der Waals surface area (Å²) in [7, 11) is 2.22. The minimum absolute atomic E-state index is 0.0780. The summed E-state index contributed by atoms with van der Waals surface area (Å²) < 4.78 is 0. The summed E-state index contributed by atoms with van der Waals surface area (Å²) in [5, 5.41) is 10.3. The zero-order chi connectivity index (χ0) is 12.1. The number of aliphatic hydroxyl groups excluding tert-OH is 1. The molecule has 1 N–H and O–H groups in total. The van der Waals surface area contributed by atoms with Gasteiger partial charge in [-0.15, -0.1) is 0 Å². The minimum atomic E-state index is -0.0780. The Morgan fingerprint density at radius 1 is 0.941 bits per heavy atom. The van der Waals surface area contributed by atoms with E-state index in [1.807, 2.05) is 0 Å². The third-order valence-electron chi connectivity index (χ3n) is 4.87. The molecule has 0 aromatic carbocycles. The van der Waals surface area contributed by atoms with E-state index in [0.717, 1.165) is 12.6 Å². The van der Waals surface area contributed by atoms with Crippen LogP contribution in [0.3, 0.4) is 0 Å². The Balaban J connectivity index is 1.76. The zero-order valence-electron chi connectivity index (χ0n) is 11.4. The maximum atomic E-state index is 10.3. The van der Waals surface area contributed by atoms with Crippen LogP contribution >= 0.6 is 0 Å². The van der Waals surface area contributed by atoms with Crippen LogP contribution in [0.4, 0.5) is 0 Å². The number of nitrogens with zero attached hydrogens (tertiary/aromatic N) is 1. The Kier molecular flexibility index (Phi) is 5.30. The molecule has 0 aromatic rings. The second kappa shape index (κ2) is 6.75. The van der Waals surface area contributed by atoms with Crippen molar-refractivity contribution in [3.05, 3.63) is 0 Å². The molecule has 2 aliphatic carbocycles. The molecule has 2 nitrogen and oxygen atoms in total. The molecule has 2 rings (SSSR count). The lowest BCUT2D eigenvalue weighted by Crippen LogP contribution is -2.39. The maximum Gasteiger partial charge on any atom is 0.0695 e. The van der Waals surface area contributed by atoms with Crippen LogP contribution in [0.5, 0.6) is 0 Å². The van der Waals surface area contributed by atoms with E-state index in [2.05, 4.69) is 11.9 Å². The molecule has 2 aliphatic rings. The van der Waals surface area contributed by atoms with Crippen molar-refractivity contribution in [2.75, 3.05) is 13.6 Å². The van der Waals surface area contributed by atoms with Gasteiger partial charge in [0.05, 0.1) is 6.10 Å². The average Bonchev–Trinajstić information content (AvgIpc) is 2.71. The van der Waals surface area contributed by atoms with Crippen LogP contribution in [0.15, 0.2) is 0 Å². The molecule has 100 valence electrons. The fourth-order valence-electron chi connectivity index (χ4n) is 3.63. The monoisotopic (exact) mass is 239 g/mol. The predicted molar refractivity (Wildman–Crippen MR) is 72.1 cm³/mol. The molecule has 1 atom stereocenters. The number of hydrogen-bond acceptors (Lipinski definition) is 2. The van der Waals surface area contributed by atoms with Crippen molar-refractivity contribution in [1.29, 1.82) is 0 Å². The highest BCUT2D eigenvalue weighted by atomic mass is 16.3. The lowest BCUT2D eigenvalue weighted by molar-refractivity contribution is 0.0571. The first kappa shape index (κ1) is 13.4. The first-order valence-electron chi connectivity index (χ1n) is 7.65. The first-order chi connectivity index (χ1) is 8.27. The van der Waals surface area contributed by atoms with Crippen molar-refractivity contribution < 1.29 is 5.11 Å². The Bertz CT molecular complexity index is 205. The lowest BCUT2D eigenvalue weighted by atomic mass is 9.99. The largest absolute Gasteiger partial charge is 0.392 e. The molecule has 0 spiro atoms. The van der Waals surface area contributed by atoms with E-state index < -0.39 is 0 Å². The van der Waals surface area contributed by atoms with E-state index in [9.17, 15) is 5.11 Å². The van der Waals surface area contributed by atoms with E-state index in [4.69, 9.17) is 0 Å². The van der Waals surface area contributed by atoms with Crippen LogP contribution < -0.4 is 0 Å². The topological polar surface area (TPSA) is 23.5 Å². The quantitative estimate of drug-likeness (QED) is 0.762. The molecule has 2 saturated carbocycles. The van der Waals surface area contributed by atoms with Gasteiger partial charge in [0.1, 0.15) is 0 Å². The minimum Gasteiger partial charge on any atom is -0.392 e. The van der Waals surface area contributed by atoms with Gasteiger partial charge in [-0.3, -0.25) is 0 Å². The summed E-state index contributed by atoms with van der Waals surface area (Å²) in [4.78, 5) is 2.44. The molecule has 0 radical (unpaired) electrons. The molecule has 0 aromatic heterocycles. The summed E-state index contributed by atoms with van der Waals surface area (Å²) >= 11 is 0. The molecule has 2 fully saturated rings. The highest BCUT2D eigenvalue weighted by molar-refractivity contribution is 4.80. The van der Waals surface area contributed by atoms with Crippen molar-refractivity contribution in [3.8, 4) is 0 Å². The van der Waals surface area contributed by atoms with Gasteiger partial charge in [0.25, 0.3) is 0 Å². The molecule has 0 aliphatic heterocycles. The molecule has 17 heavy (non-hydrogen) atoms. The molecule has 0 bridgehead atoms. The number of rotatable bonds is 4. The highest BCUT2D eigenvalue weighted by Crippen LogP contribution is 2.29. The first-order valence-corrected chi connectivity index (χ1v) is 7.65. The van der Waals surface area contributed by atoms with Crippen LogP contribution in [0.25, 0.3) is 0 Å². The number of hydrogen-bond donors (Lipinski definition) is 1. The van der Waals surface area contributed by atoms with Gasteiger partial charge in [-0.05, 0) is 38.6 Å². The average molecular weight is 239 g/mol. The van der Waals surface area contributed by atoms with Crippen molar-refractivity contribution in [1.82, 2.24) is 4.90 Å². The van der Waals surface area contributed by atoms with Gasteiger partial charge >= 0.3 is 0 Å². The number of likely N-dealkylation sites (N-methyl/N-ethyl adjacent to an activating group) is 1. The van der Waals surface area contributed by atoms with Gasteiger partial charge in [-0.1, -0.05) is 38.5 Å². The van der Waals surface area contributed by atoms with Crippen molar-refractivity contribution in [3.63, 3.8) is 0 Å². The molecule has 0 heterocycles. The molecular weight excluding hydrogens is 210 g/mol. The summed E-state index contributed by atoms with van der Waals surface area (Å²) in [6.07, 6.45) is 13.4. The molecule has 1 unspecified atom stereocenters. The van der Waals surface area contributed by atoms with Crippen molar-refractivity contribution in [2.45, 2.75) is 76.4 Å². The highest BCUT2D eigenvalue weighted by Gasteiger charge is 2.26. The zero-order valence-corrected chi connectivity index (χ0v) is 11.4. The summed E-state index contributed by atoms with van der Waals surface area (Å²) in [6, 6.07) is 0.730. The van der Waals surface area contributed by atoms with Crippen LogP contribution in [0, 0.1) is 5.92 Å². The fourth-order valence-corrected chi connectivity index (χ4v) is 3.63. The van der Waals surface area contributed by atoms with Crippen LogP contribution in [-0.2, 0) is 0 Å². The maximum absolute atomic E-state index is 10.3. The van der Waals surface area contributed by atoms with Crippen LogP contribution in [-0.4, -0.2) is 35.7 Å². The lowest BCUT2D eigenvalue weighted by Gasteiger charge is -2.30.